The van der Waals surface area contributed by atoms with Crippen molar-refractivity contribution in [1.29, 1.82) is 0 Å². The van der Waals surface area contributed by atoms with E-state index in [2.05, 4.69) is 15.1 Å². The lowest BCUT2D eigenvalue weighted by Crippen LogP contribution is -2.30. The van der Waals surface area contributed by atoms with Gasteiger partial charge in [0.2, 0.25) is 0 Å². The number of para-hydroxylation sites is 1. The van der Waals surface area contributed by atoms with E-state index in [-0.39, 0.29) is 5.69 Å². The molecule has 7 nitrogen and oxygen atoms in total. The van der Waals surface area contributed by atoms with Crippen LogP contribution in [0.1, 0.15) is 16.2 Å². The van der Waals surface area contributed by atoms with Crippen LogP contribution in [0.5, 0.6) is 0 Å². The molecule has 8 heteroatoms. The van der Waals surface area contributed by atoms with Gasteiger partial charge in [-0.25, -0.2) is 15.8 Å². The summed E-state index contributed by atoms with van der Waals surface area (Å²) < 4.78 is 5.09. The number of fused-ring (bicyclic) bond motifs is 1. The number of hydrogen-bond acceptors (Lipinski definition) is 7. The number of amides is 1. The molecule has 3 N–H and O–H groups in total. The van der Waals surface area contributed by atoms with Crippen LogP contribution in [-0.2, 0) is 5.75 Å². The van der Waals surface area contributed by atoms with E-state index in [0.717, 1.165) is 15.9 Å². The number of nitrogens with two attached hydrogens (primary N) is 1. The molecule has 106 valence electrons. The Morgan fingerprint density at radius 1 is 1.33 bits per heavy atom. The van der Waals surface area contributed by atoms with E-state index in [1.54, 1.807) is 6.07 Å². The van der Waals surface area contributed by atoms with Crippen molar-refractivity contribution in [2.75, 3.05) is 0 Å². The van der Waals surface area contributed by atoms with Gasteiger partial charge in [0, 0.05) is 11.5 Å². The van der Waals surface area contributed by atoms with E-state index in [1.807, 2.05) is 29.7 Å². The summed E-state index contributed by atoms with van der Waals surface area (Å²) in [4.78, 5) is 19.8. The molecular weight excluding hydrogens is 290 g/mol. The number of thioether (sulfide) groups is 1. The first-order valence-corrected chi connectivity index (χ1v) is 7.05. The van der Waals surface area contributed by atoms with Crippen LogP contribution < -0.4 is 11.3 Å². The summed E-state index contributed by atoms with van der Waals surface area (Å²) in [5.41, 5.74) is 3.04. The Morgan fingerprint density at radius 2 is 2.19 bits per heavy atom. The van der Waals surface area contributed by atoms with Gasteiger partial charge in [-0.15, -0.1) is 0 Å². The molecule has 2 aromatic heterocycles. The third kappa shape index (κ3) is 2.86. The Kier molecular flexibility index (Phi) is 3.80. The molecule has 3 rings (SSSR count). The van der Waals surface area contributed by atoms with Gasteiger partial charge in [0.15, 0.2) is 5.69 Å². The fourth-order valence-electron chi connectivity index (χ4n) is 1.80. The number of benzene rings is 1. The number of hydrazine groups is 1. The maximum Gasteiger partial charge on any atom is 0.287 e. The van der Waals surface area contributed by atoms with Crippen LogP contribution in [0, 0.1) is 0 Å². The Balaban J connectivity index is 1.77. The average molecular weight is 301 g/mol. The van der Waals surface area contributed by atoms with Crippen molar-refractivity contribution >= 4 is 28.6 Å². The maximum atomic E-state index is 11.3. The molecule has 0 bridgehead atoms. The molecule has 0 fully saturated rings. The first-order chi connectivity index (χ1) is 10.3. The van der Waals surface area contributed by atoms with Gasteiger partial charge >= 0.3 is 0 Å². The Bertz CT molecular complexity index is 784. The van der Waals surface area contributed by atoms with Crippen LogP contribution in [-0.4, -0.2) is 21.0 Å². The predicted molar refractivity (Wildman–Crippen MR) is 77.3 cm³/mol. The van der Waals surface area contributed by atoms with E-state index in [4.69, 9.17) is 10.4 Å². The molecule has 0 aliphatic carbocycles. The molecule has 0 aliphatic rings. The second-order valence-corrected chi connectivity index (χ2v) is 5.10. The van der Waals surface area contributed by atoms with Crippen molar-refractivity contribution in [3.63, 3.8) is 0 Å². The third-order valence-electron chi connectivity index (χ3n) is 2.78. The van der Waals surface area contributed by atoms with E-state index in [1.165, 1.54) is 18.1 Å². The van der Waals surface area contributed by atoms with E-state index >= 15 is 0 Å². The van der Waals surface area contributed by atoms with E-state index in [9.17, 15) is 4.79 Å². The van der Waals surface area contributed by atoms with Crippen LogP contribution in [0.4, 0.5) is 0 Å². The van der Waals surface area contributed by atoms with Crippen LogP contribution in [0.25, 0.3) is 10.9 Å². The van der Waals surface area contributed by atoms with Gasteiger partial charge in [-0.1, -0.05) is 35.1 Å². The lowest BCUT2D eigenvalue weighted by Gasteiger charge is -2.02. The van der Waals surface area contributed by atoms with Gasteiger partial charge in [-0.3, -0.25) is 10.2 Å². The highest BCUT2D eigenvalue weighted by Crippen LogP contribution is 2.27. The first-order valence-electron chi connectivity index (χ1n) is 6.07. The van der Waals surface area contributed by atoms with Gasteiger partial charge in [-0.2, -0.15) is 0 Å². The molecule has 1 aromatic carbocycles. The molecule has 1 amide bonds. The number of nitrogen functional groups attached to an aromatic ring is 1. The Morgan fingerprint density at radius 3 is 3.05 bits per heavy atom. The largest absolute Gasteiger partial charge is 0.360 e. The number of nitrogens with zero attached hydrogens (tertiary/aromatic N) is 3. The monoisotopic (exact) mass is 301 g/mol. The van der Waals surface area contributed by atoms with Crippen molar-refractivity contribution in [2.24, 2.45) is 5.84 Å². The fourth-order valence-corrected chi connectivity index (χ4v) is 2.66. The zero-order valence-corrected chi connectivity index (χ0v) is 11.6. The maximum absolute atomic E-state index is 11.3. The molecule has 0 saturated heterocycles. The first kappa shape index (κ1) is 13.5. The van der Waals surface area contributed by atoms with Crippen LogP contribution in [0.15, 0.2) is 46.2 Å². The molecule has 0 saturated carbocycles. The molecule has 2 heterocycles. The Labute approximate surface area is 123 Å². The molecular formula is C13H11N5O2S. The lowest BCUT2D eigenvalue weighted by molar-refractivity contribution is 0.0944. The molecule has 21 heavy (non-hydrogen) atoms. The standard InChI is InChI=1S/C13H11N5O2S/c14-17-12(19)11-5-8(20-18-11)6-21-13-9-3-1-2-4-10(9)15-7-16-13/h1-5,7H,6,14H2,(H,17,19). The topological polar surface area (TPSA) is 107 Å². The molecule has 0 radical (unpaired) electrons. The zero-order valence-electron chi connectivity index (χ0n) is 10.8. The number of carbonyl (C=O) groups is 1. The van der Waals surface area contributed by atoms with Crippen molar-refractivity contribution in [3.05, 3.63) is 48.1 Å². The summed E-state index contributed by atoms with van der Waals surface area (Å²) in [5, 5.41) is 5.47. The van der Waals surface area contributed by atoms with Crippen molar-refractivity contribution in [1.82, 2.24) is 20.6 Å². The predicted octanol–water partition coefficient (Wildman–Crippen LogP) is 1.51. The summed E-state index contributed by atoms with van der Waals surface area (Å²) in [6.45, 7) is 0. The number of rotatable bonds is 4. The van der Waals surface area contributed by atoms with Crippen molar-refractivity contribution in [2.45, 2.75) is 10.8 Å². The molecule has 0 atom stereocenters. The number of hydrogen-bond donors (Lipinski definition) is 2. The summed E-state index contributed by atoms with van der Waals surface area (Å²) in [7, 11) is 0. The molecule has 0 unspecified atom stereocenters. The average Bonchev–Trinajstić information content (AvgIpc) is 3.01. The summed E-state index contributed by atoms with van der Waals surface area (Å²) >= 11 is 1.49. The van der Waals surface area contributed by atoms with Gasteiger partial charge in [0.05, 0.1) is 11.3 Å². The van der Waals surface area contributed by atoms with Gasteiger partial charge in [-0.05, 0) is 6.07 Å². The SMILES string of the molecule is NNC(=O)c1cc(CSc2ncnc3ccccc23)on1. The van der Waals surface area contributed by atoms with Gasteiger partial charge < -0.3 is 4.52 Å². The summed E-state index contributed by atoms with van der Waals surface area (Å²) in [6, 6.07) is 9.31. The normalized spacial score (nSPS) is 10.7. The fraction of sp³-hybridized carbons (Fsp3) is 0.0769. The highest BCUT2D eigenvalue weighted by molar-refractivity contribution is 7.98. The van der Waals surface area contributed by atoms with Crippen LogP contribution in [0.3, 0.4) is 0 Å². The van der Waals surface area contributed by atoms with Crippen molar-refractivity contribution < 1.29 is 9.32 Å². The van der Waals surface area contributed by atoms with Gasteiger partial charge in [0.1, 0.15) is 17.1 Å². The number of nitrogens with one attached hydrogen (secondary N) is 1. The smallest absolute Gasteiger partial charge is 0.287 e. The minimum atomic E-state index is -0.484. The quantitative estimate of drug-likeness (QED) is 0.247. The molecule has 3 aromatic rings. The minimum Gasteiger partial charge on any atom is -0.360 e. The highest BCUT2D eigenvalue weighted by atomic mass is 32.2. The zero-order chi connectivity index (χ0) is 14.7. The molecule has 0 spiro atoms. The highest BCUT2D eigenvalue weighted by Gasteiger charge is 2.12. The van der Waals surface area contributed by atoms with Crippen molar-refractivity contribution in [3.8, 4) is 0 Å². The third-order valence-corrected chi connectivity index (χ3v) is 3.81. The molecule has 0 aliphatic heterocycles. The Hall–Kier alpha value is -2.45. The van der Waals surface area contributed by atoms with E-state index in [0.29, 0.717) is 11.5 Å². The number of aromatic nitrogens is 3. The van der Waals surface area contributed by atoms with Crippen LogP contribution >= 0.6 is 11.8 Å². The summed E-state index contributed by atoms with van der Waals surface area (Å²) in [5.74, 6) is 5.63. The lowest BCUT2D eigenvalue weighted by atomic mass is 10.2. The van der Waals surface area contributed by atoms with Crippen LogP contribution in [0.2, 0.25) is 0 Å². The minimum absolute atomic E-state index is 0.153. The number of carbonyl (C=O) groups excluding carboxylic acids is 1. The second kappa shape index (κ2) is 5.90. The van der Waals surface area contributed by atoms with Gasteiger partial charge in [0.25, 0.3) is 5.91 Å². The summed E-state index contributed by atoms with van der Waals surface area (Å²) in [6.07, 6.45) is 1.53. The van der Waals surface area contributed by atoms with E-state index < -0.39 is 5.91 Å². The second-order valence-electron chi connectivity index (χ2n) is 4.14.